The minimum Gasteiger partial charge on any atom is -0.466 e. The molecular weight excluding hydrogens is 328 g/mol. The Balaban J connectivity index is 1.58. The van der Waals surface area contributed by atoms with Crippen molar-refractivity contribution in [3.8, 4) is 0 Å². The molecule has 1 saturated carbocycles. The predicted molar refractivity (Wildman–Crippen MR) is 97.5 cm³/mol. The number of hydrogen-bond donors (Lipinski definition) is 0. The van der Waals surface area contributed by atoms with Crippen LogP contribution >= 0.6 is 0 Å². The molecule has 0 unspecified atom stereocenters. The van der Waals surface area contributed by atoms with Crippen molar-refractivity contribution in [3.63, 3.8) is 0 Å². The van der Waals surface area contributed by atoms with Crippen molar-refractivity contribution in [1.29, 1.82) is 0 Å². The fourth-order valence-corrected chi connectivity index (χ4v) is 5.69. The van der Waals surface area contributed by atoms with E-state index in [0.717, 1.165) is 30.6 Å². The molecule has 4 saturated heterocycles. The zero-order valence-electron chi connectivity index (χ0n) is 15.8. The summed E-state index contributed by atoms with van der Waals surface area (Å²) < 4.78 is 12.9. The molecule has 7 atom stereocenters. The smallest absolute Gasteiger partial charge is 0.235 e. The Hall–Kier alpha value is -1.36. The molecule has 0 aromatic heterocycles. The van der Waals surface area contributed by atoms with Gasteiger partial charge < -0.3 is 9.47 Å². The third-order valence-corrected chi connectivity index (χ3v) is 7.18. The first-order valence-electron chi connectivity index (χ1n) is 10.00. The number of fused-ring (bicyclic) bond motifs is 2. The van der Waals surface area contributed by atoms with Gasteiger partial charge in [0.05, 0.1) is 0 Å². The molecule has 5 fully saturated rings. The van der Waals surface area contributed by atoms with E-state index in [-0.39, 0.29) is 5.92 Å². The Morgan fingerprint density at radius 3 is 2.62 bits per heavy atom. The van der Waals surface area contributed by atoms with Crippen molar-refractivity contribution in [3.05, 3.63) is 41.7 Å². The van der Waals surface area contributed by atoms with Gasteiger partial charge >= 0.3 is 0 Å². The summed E-state index contributed by atoms with van der Waals surface area (Å²) in [5.74, 6) is 1.92. The van der Waals surface area contributed by atoms with Gasteiger partial charge in [0.25, 0.3) is 0 Å². The lowest BCUT2D eigenvalue weighted by atomic mass is 9.58. The second-order valence-corrected chi connectivity index (χ2v) is 8.77. The first-order chi connectivity index (χ1) is 12.5. The molecular formula is C22H28O4. The summed E-state index contributed by atoms with van der Waals surface area (Å²) in [6.45, 7) is 6.58. The molecule has 6 rings (SSSR count). The Morgan fingerprint density at radius 1 is 1.00 bits per heavy atom. The van der Waals surface area contributed by atoms with Crippen molar-refractivity contribution in [2.75, 3.05) is 0 Å². The summed E-state index contributed by atoms with van der Waals surface area (Å²) in [6.07, 6.45) is 6.03. The van der Waals surface area contributed by atoms with E-state index in [1.807, 2.05) is 13.0 Å². The average molecular weight is 356 g/mol. The maximum absolute atomic E-state index is 6.50. The highest BCUT2D eigenvalue weighted by Gasteiger charge is 2.69. The Bertz CT molecular complexity index is 716. The molecule has 1 aromatic rings. The van der Waals surface area contributed by atoms with Gasteiger partial charge in [-0.3, -0.25) is 0 Å². The van der Waals surface area contributed by atoms with Crippen LogP contribution in [0.2, 0.25) is 0 Å². The zero-order valence-corrected chi connectivity index (χ0v) is 15.8. The minimum absolute atomic E-state index is 0.274. The lowest BCUT2D eigenvalue weighted by Crippen LogP contribution is -2.68. The minimum atomic E-state index is -0.712. The van der Waals surface area contributed by atoms with Crippen LogP contribution in [0.4, 0.5) is 0 Å². The van der Waals surface area contributed by atoms with Gasteiger partial charge in [-0.2, -0.15) is 0 Å². The second-order valence-electron chi connectivity index (χ2n) is 8.77. The standard InChI is InChI=1S/C22H28O4/c1-14-9-10-18-15(2)19(13-16-7-5-4-6-8-16)23-20-22(18)17(14)11-12-21(3,24-20)25-26-22/h4-8,13-15,17-18,20H,9-12H2,1-3H3/b19-13-/t14-,15-,17+,18+,20-,21+,22-/m1/s1. The molecule has 0 radical (unpaired) electrons. The van der Waals surface area contributed by atoms with Crippen LogP contribution in [-0.2, 0) is 19.2 Å². The predicted octanol–water partition coefficient (Wildman–Crippen LogP) is 4.91. The molecule has 26 heavy (non-hydrogen) atoms. The molecule has 0 amide bonds. The largest absolute Gasteiger partial charge is 0.466 e. The summed E-state index contributed by atoms with van der Waals surface area (Å²) >= 11 is 0. The Kier molecular flexibility index (Phi) is 3.76. The summed E-state index contributed by atoms with van der Waals surface area (Å²) in [5.41, 5.74) is 0.675. The average Bonchev–Trinajstić information content (AvgIpc) is 2.86. The lowest BCUT2D eigenvalue weighted by molar-refractivity contribution is -0.562. The molecule has 2 bridgehead atoms. The fraction of sp³-hybridized carbons (Fsp3) is 0.636. The summed E-state index contributed by atoms with van der Waals surface area (Å²) in [6, 6.07) is 10.4. The van der Waals surface area contributed by atoms with E-state index in [9.17, 15) is 0 Å². The molecule has 4 heteroatoms. The van der Waals surface area contributed by atoms with Crippen LogP contribution in [0.25, 0.3) is 6.08 Å². The number of hydrogen-bond acceptors (Lipinski definition) is 4. The first kappa shape index (κ1) is 16.8. The van der Waals surface area contributed by atoms with E-state index in [2.05, 4.69) is 44.2 Å². The number of rotatable bonds is 1. The van der Waals surface area contributed by atoms with E-state index < -0.39 is 17.7 Å². The highest BCUT2D eigenvalue weighted by Crippen LogP contribution is 2.61. The highest BCUT2D eigenvalue weighted by molar-refractivity contribution is 5.52. The topological polar surface area (TPSA) is 36.9 Å². The third kappa shape index (κ3) is 2.32. The van der Waals surface area contributed by atoms with Gasteiger partial charge in [-0.1, -0.05) is 44.2 Å². The molecule has 1 spiro atoms. The van der Waals surface area contributed by atoms with Crippen molar-refractivity contribution in [1.82, 2.24) is 0 Å². The molecule has 4 heterocycles. The van der Waals surface area contributed by atoms with Gasteiger partial charge in [-0.15, -0.1) is 0 Å². The second kappa shape index (κ2) is 5.82. The molecule has 5 aliphatic rings. The van der Waals surface area contributed by atoms with Crippen LogP contribution in [0.15, 0.2) is 36.1 Å². The zero-order chi connectivity index (χ0) is 17.9. The Morgan fingerprint density at radius 2 is 1.81 bits per heavy atom. The van der Waals surface area contributed by atoms with Gasteiger partial charge in [0, 0.05) is 24.2 Å². The normalized spacial score (nSPS) is 48.6. The molecule has 0 N–H and O–H groups in total. The molecule has 1 aliphatic carbocycles. The van der Waals surface area contributed by atoms with Crippen molar-refractivity contribution >= 4 is 6.08 Å². The molecule has 1 aromatic carbocycles. The maximum atomic E-state index is 6.50. The van der Waals surface area contributed by atoms with Crippen LogP contribution in [0, 0.1) is 23.7 Å². The summed E-state index contributed by atoms with van der Waals surface area (Å²) in [7, 11) is 0. The van der Waals surface area contributed by atoms with Gasteiger partial charge in [0.2, 0.25) is 12.1 Å². The lowest BCUT2D eigenvalue weighted by Gasteiger charge is -2.59. The van der Waals surface area contributed by atoms with Crippen molar-refractivity contribution in [2.45, 2.75) is 64.1 Å². The number of benzene rings is 1. The third-order valence-electron chi connectivity index (χ3n) is 7.18. The van der Waals surface area contributed by atoms with E-state index in [1.54, 1.807) is 0 Å². The van der Waals surface area contributed by atoms with E-state index in [0.29, 0.717) is 17.8 Å². The van der Waals surface area contributed by atoms with Gasteiger partial charge in [-0.25, -0.2) is 9.78 Å². The summed E-state index contributed by atoms with van der Waals surface area (Å²) in [5, 5.41) is 0. The molecule has 4 nitrogen and oxygen atoms in total. The van der Waals surface area contributed by atoms with Crippen LogP contribution in [0.1, 0.15) is 52.0 Å². The quantitative estimate of drug-likeness (QED) is 0.670. The summed E-state index contributed by atoms with van der Waals surface area (Å²) in [4.78, 5) is 12.0. The van der Waals surface area contributed by atoms with Gasteiger partial charge in [0.1, 0.15) is 5.76 Å². The van der Waals surface area contributed by atoms with Crippen LogP contribution in [0.3, 0.4) is 0 Å². The van der Waals surface area contributed by atoms with Crippen LogP contribution < -0.4 is 0 Å². The van der Waals surface area contributed by atoms with Crippen molar-refractivity contribution < 1.29 is 19.2 Å². The SMILES string of the molecule is C[C@@H]1CC[C@H]2[C@@H](C)/C(=C/c3ccccc3)O[C@@H]3O[C@]4(C)CC[C@@H]1[C@]32OO4. The Labute approximate surface area is 155 Å². The number of ether oxygens (including phenoxy) is 2. The van der Waals surface area contributed by atoms with Gasteiger partial charge in [0.15, 0.2) is 5.60 Å². The van der Waals surface area contributed by atoms with Crippen LogP contribution in [0.5, 0.6) is 0 Å². The van der Waals surface area contributed by atoms with E-state index >= 15 is 0 Å². The van der Waals surface area contributed by atoms with Crippen molar-refractivity contribution in [2.24, 2.45) is 23.7 Å². The number of allylic oxidation sites excluding steroid dienone is 1. The van der Waals surface area contributed by atoms with Crippen LogP contribution in [-0.4, -0.2) is 17.7 Å². The van der Waals surface area contributed by atoms with E-state index in [4.69, 9.17) is 19.2 Å². The first-order valence-corrected chi connectivity index (χ1v) is 10.00. The van der Waals surface area contributed by atoms with Gasteiger partial charge in [-0.05, 0) is 43.7 Å². The maximum Gasteiger partial charge on any atom is 0.235 e. The highest BCUT2D eigenvalue weighted by atomic mass is 17.3. The fourth-order valence-electron chi connectivity index (χ4n) is 5.69. The molecule has 140 valence electrons. The molecule has 4 aliphatic heterocycles. The van der Waals surface area contributed by atoms with E-state index in [1.165, 1.54) is 6.42 Å². The monoisotopic (exact) mass is 356 g/mol.